The van der Waals surface area contributed by atoms with E-state index in [0.717, 1.165) is 16.9 Å². The Kier molecular flexibility index (Phi) is 4.88. The average Bonchev–Trinajstić information content (AvgIpc) is 2.47. The molecule has 0 amide bonds. The number of esters is 1. The van der Waals surface area contributed by atoms with Crippen molar-refractivity contribution in [2.45, 2.75) is 20.3 Å². The lowest BCUT2D eigenvalue weighted by atomic mass is 10.1. The molecule has 1 aromatic heterocycles. The molecule has 0 aliphatic rings. The van der Waals surface area contributed by atoms with Crippen LogP contribution in [-0.4, -0.2) is 18.1 Å². The summed E-state index contributed by atoms with van der Waals surface area (Å²) in [5.74, 6) is 0.261. The van der Waals surface area contributed by atoms with Crippen molar-refractivity contribution in [1.29, 1.82) is 0 Å². The first-order valence-corrected chi connectivity index (χ1v) is 7.14. The van der Waals surface area contributed by atoms with Gasteiger partial charge in [-0.1, -0.05) is 17.7 Å². The second-order valence-electron chi connectivity index (χ2n) is 5.03. The molecule has 0 bridgehead atoms. The van der Waals surface area contributed by atoms with Crippen LogP contribution in [0.15, 0.2) is 24.3 Å². The monoisotopic (exact) mass is 319 g/mol. The second kappa shape index (κ2) is 6.66. The minimum Gasteiger partial charge on any atom is -0.469 e. The minimum atomic E-state index is -0.331. The maximum atomic E-state index is 11.3. The highest BCUT2D eigenvalue weighted by atomic mass is 35.5. The smallest absolute Gasteiger partial charge is 0.310 e. The molecule has 0 aliphatic carbocycles. The molecule has 0 spiro atoms. The van der Waals surface area contributed by atoms with Crippen molar-refractivity contribution in [2.75, 3.05) is 18.2 Å². The third-order valence-corrected chi connectivity index (χ3v) is 3.62. The Morgan fingerprint density at radius 1 is 1.36 bits per heavy atom. The number of nitrogen functional groups attached to an aromatic ring is 1. The molecule has 0 unspecified atom stereocenters. The highest BCUT2D eigenvalue weighted by Crippen LogP contribution is 2.27. The lowest BCUT2D eigenvalue weighted by Crippen LogP contribution is -2.06. The lowest BCUT2D eigenvalue weighted by Gasteiger charge is -2.12. The van der Waals surface area contributed by atoms with Gasteiger partial charge in [0.1, 0.15) is 0 Å². The zero-order chi connectivity index (χ0) is 16.3. The average molecular weight is 320 g/mol. The summed E-state index contributed by atoms with van der Waals surface area (Å²) in [6.45, 7) is 3.84. The maximum absolute atomic E-state index is 11.3. The second-order valence-corrected chi connectivity index (χ2v) is 5.43. The molecule has 0 atom stereocenters. The number of anilines is 3. The maximum Gasteiger partial charge on any atom is 0.310 e. The van der Waals surface area contributed by atoms with Gasteiger partial charge < -0.3 is 15.8 Å². The zero-order valence-corrected chi connectivity index (χ0v) is 13.5. The highest BCUT2D eigenvalue weighted by molar-refractivity contribution is 6.31. The number of carbonyl (C=O) groups is 1. The molecule has 0 saturated heterocycles. The number of aromatic nitrogens is 1. The lowest BCUT2D eigenvalue weighted by molar-refractivity contribution is -0.139. The first kappa shape index (κ1) is 16.1. The fraction of sp³-hybridized carbons (Fsp3) is 0.250. The topological polar surface area (TPSA) is 77.2 Å². The van der Waals surface area contributed by atoms with E-state index in [0.29, 0.717) is 22.1 Å². The molecule has 5 nitrogen and oxygen atoms in total. The summed E-state index contributed by atoms with van der Waals surface area (Å²) in [6, 6.07) is 7.26. The van der Waals surface area contributed by atoms with Crippen LogP contribution in [-0.2, 0) is 16.0 Å². The van der Waals surface area contributed by atoms with Gasteiger partial charge in [0, 0.05) is 16.4 Å². The van der Waals surface area contributed by atoms with Crippen LogP contribution in [0.25, 0.3) is 0 Å². The molecule has 1 heterocycles. The molecule has 2 aromatic rings. The molecule has 116 valence electrons. The number of hydrogen-bond donors (Lipinski definition) is 2. The predicted octanol–water partition coefficient (Wildman–Crippen LogP) is 3.39. The summed E-state index contributed by atoms with van der Waals surface area (Å²) >= 11 is 6.20. The standard InChI is InChI=1S/C16H18ClN3O2/c1-9-6-10(2)19-16(15(9)18)20-12-5-4-11(13(17)8-12)7-14(21)22-3/h4-6,8H,7,18H2,1-3H3,(H,19,20). The quantitative estimate of drug-likeness (QED) is 0.845. The number of pyridine rings is 1. The number of halogens is 1. The summed E-state index contributed by atoms with van der Waals surface area (Å²) in [7, 11) is 1.35. The Balaban J connectivity index is 2.25. The van der Waals surface area contributed by atoms with Crippen LogP contribution in [0.5, 0.6) is 0 Å². The molecule has 2 rings (SSSR count). The first-order valence-electron chi connectivity index (χ1n) is 6.76. The van der Waals surface area contributed by atoms with Crippen LogP contribution >= 0.6 is 11.6 Å². The van der Waals surface area contributed by atoms with E-state index in [1.807, 2.05) is 26.0 Å². The van der Waals surface area contributed by atoms with Gasteiger partial charge in [-0.05, 0) is 43.2 Å². The van der Waals surface area contributed by atoms with Crippen LogP contribution < -0.4 is 11.1 Å². The summed E-state index contributed by atoms with van der Waals surface area (Å²) in [4.78, 5) is 15.7. The number of hydrogen-bond acceptors (Lipinski definition) is 5. The van der Waals surface area contributed by atoms with E-state index in [1.54, 1.807) is 12.1 Å². The fourth-order valence-electron chi connectivity index (χ4n) is 2.07. The fourth-order valence-corrected chi connectivity index (χ4v) is 2.32. The van der Waals surface area contributed by atoms with Crippen molar-refractivity contribution in [3.8, 4) is 0 Å². The van der Waals surface area contributed by atoms with Gasteiger partial charge in [0.2, 0.25) is 0 Å². The largest absolute Gasteiger partial charge is 0.469 e. The SMILES string of the molecule is COC(=O)Cc1ccc(Nc2nc(C)cc(C)c2N)cc1Cl. The first-order chi connectivity index (χ1) is 10.4. The molecule has 22 heavy (non-hydrogen) atoms. The minimum absolute atomic E-state index is 0.138. The Hall–Kier alpha value is -2.27. The summed E-state index contributed by atoms with van der Waals surface area (Å²) in [5.41, 5.74) is 9.93. The van der Waals surface area contributed by atoms with E-state index < -0.39 is 0 Å². The van der Waals surface area contributed by atoms with Crippen molar-refractivity contribution >= 4 is 34.8 Å². The molecule has 0 aliphatic heterocycles. The van der Waals surface area contributed by atoms with Crippen LogP contribution in [0.1, 0.15) is 16.8 Å². The number of nitrogens with one attached hydrogen (secondary N) is 1. The molecular formula is C16H18ClN3O2. The van der Waals surface area contributed by atoms with Crippen molar-refractivity contribution < 1.29 is 9.53 Å². The number of ether oxygens (including phenoxy) is 1. The van der Waals surface area contributed by atoms with Crippen LogP contribution in [0.3, 0.4) is 0 Å². The molecular weight excluding hydrogens is 302 g/mol. The van der Waals surface area contributed by atoms with Gasteiger partial charge in [-0.25, -0.2) is 4.98 Å². The number of aryl methyl sites for hydroxylation is 2. The van der Waals surface area contributed by atoms with E-state index in [1.165, 1.54) is 7.11 Å². The van der Waals surface area contributed by atoms with Gasteiger partial charge >= 0.3 is 5.97 Å². The number of methoxy groups -OCH3 is 1. The third-order valence-electron chi connectivity index (χ3n) is 3.27. The molecule has 0 saturated carbocycles. The summed E-state index contributed by atoms with van der Waals surface area (Å²) < 4.78 is 4.64. The molecule has 0 fully saturated rings. The molecule has 0 radical (unpaired) electrons. The van der Waals surface area contributed by atoms with Gasteiger partial charge in [-0.3, -0.25) is 4.79 Å². The van der Waals surface area contributed by atoms with Crippen molar-refractivity contribution in [2.24, 2.45) is 0 Å². The molecule has 3 N–H and O–H groups in total. The highest BCUT2D eigenvalue weighted by Gasteiger charge is 2.10. The Morgan fingerprint density at radius 3 is 2.73 bits per heavy atom. The molecule has 1 aromatic carbocycles. The number of nitrogens with zero attached hydrogens (tertiary/aromatic N) is 1. The van der Waals surface area contributed by atoms with E-state index in [2.05, 4.69) is 15.0 Å². The van der Waals surface area contributed by atoms with Gasteiger partial charge in [0.05, 0.1) is 19.2 Å². The van der Waals surface area contributed by atoms with Crippen molar-refractivity contribution in [3.63, 3.8) is 0 Å². The van der Waals surface area contributed by atoms with Crippen molar-refractivity contribution in [3.05, 3.63) is 46.1 Å². The summed E-state index contributed by atoms with van der Waals surface area (Å²) in [6.07, 6.45) is 0.138. The van der Waals surface area contributed by atoms with Crippen molar-refractivity contribution in [1.82, 2.24) is 4.98 Å². The third kappa shape index (κ3) is 3.68. The predicted molar refractivity (Wildman–Crippen MR) is 88.6 cm³/mol. The van der Waals surface area contributed by atoms with Gasteiger partial charge in [-0.2, -0.15) is 0 Å². The van der Waals surface area contributed by atoms with Gasteiger partial charge in [0.25, 0.3) is 0 Å². The van der Waals surface area contributed by atoms with Crippen LogP contribution in [0, 0.1) is 13.8 Å². The summed E-state index contributed by atoms with van der Waals surface area (Å²) in [5, 5.41) is 3.64. The number of carbonyl (C=O) groups excluding carboxylic acids is 1. The van der Waals surface area contributed by atoms with E-state index in [-0.39, 0.29) is 12.4 Å². The Labute approximate surface area is 134 Å². The number of benzene rings is 1. The van der Waals surface area contributed by atoms with Gasteiger partial charge in [-0.15, -0.1) is 0 Å². The number of nitrogens with two attached hydrogens (primary N) is 1. The van der Waals surface area contributed by atoms with E-state index in [9.17, 15) is 4.79 Å². The Morgan fingerprint density at radius 2 is 2.09 bits per heavy atom. The van der Waals surface area contributed by atoms with Crippen LogP contribution in [0.4, 0.5) is 17.2 Å². The van der Waals surface area contributed by atoms with E-state index in [4.69, 9.17) is 17.3 Å². The molecule has 6 heteroatoms. The zero-order valence-electron chi connectivity index (χ0n) is 12.7. The Bertz CT molecular complexity index is 717. The van der Waals surface area contributed by atoms with Crippen LogP contribution in [0.2, 0.25) is 5.02 Å². The van der Waals surface area contributed by atoms with E-state index >= 15 is 0 Å². The number of rotatable bonds is 4. The van der Waals surface area contributed by atoms with Gasteiger partial charge in [0.15, 0.2) is 5.82 Å². The normalized spacial score (nSPS) is 10.4.